The lowest BCUT2D eigenvalue weighted by Gasteiger charge is -2.35. The number of para-hydroxylation sites is 1. The third-order valence-electron chi connectivity index (χ3n) is 4.80. The van der Waals surface area contributed by atoms with Crippen molar-refractivity contribution >= 4 is 11.8 Å². The van der Waals surface area contributed by atoms with Gasteiger partial charge in [0.05, 0.1) is 0 Å². The number of hydrogen-bond acceptors (Lipinski definition) is 3. The van der Waals surface area contributed by atoms with Gasteiger partial charge in [-0.3, -0.25) is 0 Å². The Labute approximate surface area is 149 Å². The highest BCUT2D eigenvalue weighted by Crippen LogP contribution is 2.23. The van der Waals surface area contributed by atoms with Crippen LogP contribution in [-0.2, 0) is 11.3 Å². The molecule has 0 radical (unpaired) electrons. The summed E-state index contributed by atoms with van der Waals surface area (Å²) in [5.74, 6) is 0.429. The highest BCUT2D eigenvalue weighted by Gasteiger charge is 2.28. The maximum Gasteiger partial charge on any atom is 0.410 e. The van der Waals surface area contributed by atoms with Gasteiger partial charge >= 0.3 is 6.09 Å². The van der Waals surface area contributed by atoms with Crippen molar-refractivity contribution in [1.29, 1.82) is 0 Å². The topological polar surface area (TPSA) is 41.6 Å². The molecule has 2 aromatic carbocycles. The zero-order valence-corrected chi connectivity index (χ0v) is 14.7. The van der Waals surface area contributed by atoms with E-state index in [1.807, 2.05) is 53.4 Å². The van der Waals surface area contributed by atoms with Crippen molar-refractivity contribution in [1.82, 2.24) is 4.90 Å². The van der Waals surface area contributed by atoms with Gasteiger partial charge in [0.1, 0.15) is 6.61 Å². The predicted molar refractivity (Wildman–Crippen MR) is 100 cm³/mol. The van der Waals surface area contributed by atoms with Gasteiger partial charge in [-0.25, -0.2) is 4.79 Å². The van der Waals surface area contributed by atoms with E-state index in [0.29, 0.717) is 18.6 Å². The second-order valence-corrected chi connectivity index (χ2v) is 6.69. The second kappa shape index (κ2) is 8.56. The summed E-state index contributed by atoms with van der Waals surface area (Å²) in [6.45, 7) is 4.05. The molecule has 4 heteroatoms. The van der Waals surface area contributed by atoms with Crippen molar-refractivity contribution in [3.05, 3.63) is 66.2 Å². The molecular weight excluding hydrogens is 312 g/mol. The Kier molecular flexibility index (Phi) is 5.94. The van der Waals surface area contributed by atoms with Crippen LogP contribution in [0, 0.1) is 5.92 Å². The summed E-state index contributed by atoms with van der Waals surface area (Å²) in [7, 11) is 0. The molecule has 0 saturated carbocycles. The van der Waals surface area contributed by atoms with Crippen LogP contribution < -0.4 is 5.32 Å². The lowest BCUT2D eigenvalue weighted by atomic mass is 9.91. The van der Waals surface area contributed by atoms with Crippen LogP contribution in [-0.4, -0.2) is 30.1 Å². The van der Waals surface area contributed by atoms with Crippen molar-refractivity contribution < 1.29 is 9.53 Å². The first kappa shape index (κ1) is 17.3. The highest BCUT2D eigenvalue weighted by molar-refractivity contribution is 5.67. The van der Waals surface area contributed by atoms with E-state index in [2.05, 4.69) is 24.4 Å². The summed E-state index contributed by atoms with van der Waals surface area (Å²) in [5.41, 5.74) is 2.14. The molecule has 0 aliphatic carbocycles. The van der Waals surface area contributed by atoms with Crippen LogP contribution in [0.1, 0.15) is 25.3 Å². The van der Waals surface area contributed by atoms with E-state index < -0.39 is 0 Å². The van der Waals surface area contributed by atoms with Gasteiger partial charge in [0.25, 0.3) is 0 Å². The maximum atomic E-state index is 12.4. The third-order valence-corrected chi connectivity index (χ3v) is 4.80. The first-order chi connectivity index (χ1) is 12.2. The van der Waals surface area contributed by atoms with Gasteiger partial charge in [0.15, 0.2) is 0 Å². The summed E-state index contributed by atoms with van der Waals surface area (Å²) in [6.07, 6.45) is 1.94. The Morgan fingerprint density at radius 2 is 1.84 bits per heavy atom. The third kappa shape index (κ3) is 4.99. The lowest BCUT2D eigenvalue weighted by Crippen LogP contribution is -2.44. The average Bonchev–Trinajstić information content (AvgIpc) is 2.68. The Balaban J connectivity index is 1.50. The fourth-order valence-electron chi connectivity index (χ4n) is 3.31. The van der Waals surface area contributed by atoms with E-state index in [-0.39, 0.29) is 6.09 Å². The van der Waals surface area contributed by atoms with Gasteiger partial charge in [-0.2, -0.15) is 0 Å². The molecule has 1 aliphatic heterocycles. The first-order valence-electron chi connectivity index (χ1n) is 8.99. The number of amides is 1. The van der Waals surface area contributed by atoms with Crippen molar-refractivity contribution in [2.45, 2.75) is 32.4 Å². The SMILES string of the molecule is C[C@@H](Nc1ccccc1)[C@H]1CCCN(C(=O)OCc2ccccc2)C1. The van der Waals surface area contributed by atoms with Gasteiger partial charge in [-0.15, -0.1) is 0 Å². The van der Waals surface area contributed by atoms with Crippen LogP contribution in [0.15, 0.2) is 60.7 Å². The first-order valence-corrected chi connectivity index (χ1v) is 8.99. The highest BCUT2D eigenvalue weighted by atomic mass is 16.6. The summed E-state index contributed by atoms with van der Waals surface area (Å²) < 4.78 is 5.48. The zero-order valence-electron chi connectivity index (χ0n) is 14.7. The van der Waals surface area contributed by atoms with Gasteiger partial charge in [-0.1, -0.05) is 48.5 Å². The number of benzene rings is 2. The lowest BCUT2D eigenvalue weighted by molar-refractivity contribution is 0.0773. The van der Waals surface area contributed by atoms with Crippen LogP contribution in [0.4, 0.5) is 10.5 Å². The number of nitrogens with one attached hydrogen (secondary N) is 1. The number of hydrogen-bond donors (Lipinski definition) is 1. The molecule has 1 N–H and O–H groups in total. The molecule has 1 saturated heterocycles. The molecule has 2 atom stereocenters. The molecule has 3 rings (SSSR count). The second-order valence-electron chi connectivity index (χ2n) is 6.69. The molecule has 1 fully saturated rings. The standard InChI is InChI=1S/C21H26N2O2/c1-17(22-20-12-6-3-7-13-20)19-11-8-14-23(15-19)21(24)25-16-18-9-4-2-5-10-18/h2-7,9-10,12-13,17,19,22H,8,11,14-16H2,1H3/t17-,19+/m1/s1. The number of piperidine rings is 1. The van der Waals surface area contributed by atoms with Gasteiger partial charge in [0, 0.05) is 24.8 Å². The van der Waals surface area contributed by atoms with Crippen LogP contribution in [0.3, 0.4) is 0 Å². The molecule has 25 heavy (non-hydrogen) atoms. The number of nitrogens with zero attached hydrogens (tertiary/aromatic N) is 1. The van der Waals surface area contributed by atoms with E-state index in [0.717, 1.165) is 37.2 Å². The van der Waals surface area contributed by atoms with Gasteiger partial charge < -0.3 is 15.0 Å². The van der Waals surface area contributed by atoms with Gasteiger partial charge in [0.2, 0.25) is 0 Å². The monoisotopic (exact) mass is 338 g/mol. The number of carbonyl (C=O) groups is 1. The molecule has 0 aromatic heterocycles. The molecule has 1 aliphatic rings. The van der Waals surface area contributed by atoms with Gasteiger partial charge in [-0.05, 0) is 43.4 Å². The molecule has 1 heterocycles. The summed E-state index contributed by atoms with van der Waals surface area (Å²) in [6, 6.07) is 20.3. The average molecular weight is 338 g/mol. The number of likely N-dealkylation sites (tertiary alicyclic amines) is 1. The molecule has 0 bridgehead atoms. The van der Waals surface area contributed by atoms with Crippen molar-refractivity contribution in [3.8, 4) is 0 Å². The molecule has 2 aromatic rings. The van der Waals surface area contributed by atoms with Crippen molar-refractivity contribution in [2.24, 2.45) is 5.92 Å². The fourth-order valence-corrected chi connectivity index (χ4v) is 3.31. The maximum absolute atomic E-state index is 12.4. The number of carbonyl (C=O) groups excluding carboxylic acids is 1. The molecule has 1 amide bonds. The number of anilines is 1. The van der Waals surface area contributed by atoms with E-state index >= 15 is 0 Å². The number of ether oxygens (including phenoxy) is 1. The normalized spacial score (nSPS) is 18.4. The summed E-state index contributed by atoms with van der Waals surface area (Å²) in [4.78, 5) is 14.2. The fraction of sp³-hybridized carbons (Fsp3) is 0.381. The largest absolute Gasteiger partial charge is 0.445 e. The van der Waals surface area contributed by atoms with E-state index in [1.165, 1.54) is 0 Å². The molecule has 132 valence electrons. The summed E-state index contributed by atoms with van der Waals surface area (Å²) >= 11 is 0. The van der Waals surface area contributed by atoms with Crippen LogP contribution >= 0.6 is 0 Å². The summed E-state index contributed by atoms with van der Waals surface area (Å²) in [5, 5.41) is 3.55. The molecule has 0 spiro atoms. The molecule has 4 nitrogen and oxygen atoms in total. The van der Waals surface area contributed by atoms with Crippen LogP contribution in [0.5, 0.6) is 0 Å². The predicted octanol–water partition coefficient (Wildman–Crippen LogP) is 4.54. The van der Waals surface area contributed by atoms with Crippen LogP contribution in [0.2, 0.25) is 0 Å². The minimum Gasteiger partial charge on any atom is -0.445 e. The molecular formula is C21H26N2O2. The van der Waals surface area contributed by atoms with E-state index in [9.17, 15) is 4.79 Å². The quantitative estimate of drug-likeness (QED) is 0.870. The van der Waals surface area contributed by atoms with Crippen molar-refractivity contribution in [2.75, 3.05) is 18.4 Å². The zero-order chi connectivity index (χ0) is 17.5. The number of rotatable bonds is 5. The Morgan fingerprint density at radius 3 is 2.56 bits per heavy atom. The van der Waals surface area contributed by atoms with E-state index in [1.54, 1.807) is 0 Å². The minimum absolute atomic E-state index is 0.208. The Morgan fingerprint density at radius 1 is 1.16 bits per heavy atom. The van der Waals surface area contributed by atoms with Crippen molar-refractivity contribution in [3.63, 3.8) is 0 Å². The minimum atomic E-state index is -0.208. The van der Waals surface area contributed by atoms with E-state index in [4.69, 9.17) is 4.74 Å². The Hall–Kier alpha value is -2.49. The molecule has 0 unspecified atom stereocenters. The van der Waals surface area contributed by atoms with Crippen LogP contribution in [0.25, 0.3) is 0 Å². The smallest absolute Gasteiger partial charge is 0.410 e. The Bertz CT molecular complexity index is 660.